The van der Waals surface area contributed by atoms with Gasteiger partial charge in [0.05, 0.1) is 14.2 Å². The molecule has 0 aliphatic heterocycles. The SMILES string of the molecule is COc1ccc(OCCOc2ccc(/C=C(/C#N)C(=O)Nc3nnc(C(F)(F)F)s3)cc2OC)cc1. The summed E-state index contributed by atoms with van der Waals surface area (Å²) in [4.78, 5) is 12.3. The van der Waals surface area contributed by atoms with Crippen molar-refractivity contribution in [1.82, 2.24) is 10.2 Å². The lowest BCUT2D eigenvalue weighted by atomic mass is 10.1. The molecule has 0 fully saturated rings. The monoisotopic (exact) mass is 520 g/mol. The minimum Gasteiger partial charge on any atom is -0.497 e. The van der Waals surface area contributed by atoms with Crippen LogP contribution in [0.25, 0.3) is 6.08 Å². The predicted octanol–water partition coefficient (Wildman–Crippen LogP) is 4.58. The fourth-order valence-electron chi connectivity index (χ4n) is 2.74. The number of methoxy groups -OCH3 is 2. The van der Waals surface area contributed by atoms with E-state index in [0.29, 0.717) is 28.6 Å². The van der Waals surface area contributed by atoms with Crippen molar-refractivity contribution in [3.05, 3.63) is 58.6 Å². The highest BCUT2D eigenvalue weighted by Crippen LogP contribution is 2.33. The van der Waals surface area contributed by atoms with Gasteiger partial charge < -0.3 is 18.9 Å². The number of hydrogen-bond donors (Lipinski definition) is 1. The fourth-order valence-corrected chi connectivity index (χ4v) is 3.35. The van der Waals surface area contributed by atoms with Gasteiger partial charge in [0.1, 0.15) is 36.4 Å². The number of carbonyl (C=O) groups is 1. The molecule has 0 radical (unpaired) electrons. The Labute approximate surface area is 207 Å². The summed E-state index contributed by atoms with van der Waals surface area (Å²) in [5, 5.41) is 16.1. The summed E-state index contributed by atoms with van der Waals surface area (Å²) in [5.41, 5.74) is 0.0657. The highest BCUT2D eigenvalue weighted by atomic mass is 32.1. The molecule has 0 saturated carbocycles. The zero-order valence-electron chi connectivity index (χ0n) is 19.0. The maximum Gasteiger partial charge on any atom is 0.445 e. The molecule has 188 valence electrons. The quantitative estimate of drug-likeness (QED) is 0.235. The van der Waals surface area contributed by atoms with Crippen molar-refractivity contribution >= 4 is 28.5 Å². The number of aromatic nitrogens is 2. The Kier molecular flexibility index (Phi) is 8.69. The van der Waals surface area contributed by atoms with E-state index in [-0.39, 0.29) is 35.3 Å². The molecule has 1 aromatic heterocycles. The fraction of sp³-hybridized carbons (Fsp3) is 0.217. The second kappa shape index (κ2) is 11.9. The Hall–Kier alpha value is -4.31. The van der Waals surface area contributed by atoms with Crippen LogP contribution >= 0.6 is 11.3 Å². The van der Waals surface area contributed by atoms with Crippen molar-refractivity contribution in [1.29, 1.82) is 5.26 Å². The van der Waals surface area contributed by atoms with E-state index in [4.69, 9.17) is 18.9 Å². The Balaban J connectivity index is 1.61. The number of anilines is 1. The number of alkyl halides is 3. The van der Waals surface area contributed by atoms with Crippen LogP contribution < -0.4 is 24.3 Å². The van der Waals surface area contributed by atoms with Gasteiger partial charge >= 0.3 is 6.18 Å². The van der Waals surface area contributed by atoms with Gasteiger partial charge in [-0.2, -0.15) is 18.4 Å². The van der Waals surface area contributed by atoms with Gasteiger partial charge in [-0.05, 0) is 48.0 Å². The number of benzene rings is 2. The van der Waals surface area contributed by atoms with Crippen LogP contribution in [0, 0.1) is 11.3 Å². The maximum atomic E-state index is 12.7. The molecule has 0 spiro atoms. The van der Waals surface area contributed by atoms with Crippen LogP contribution in [0.2, 0.25) is 0 Å². The largest absolute Gasteiger partial charge is 0.497 e. The Bertz CT molecular complexity index is 1270. The molecule has 0 unspecified atom stereocenters. The number of hydrogen-bond acceptors (Lipinski definition) is 9. The molecule has 0 atom stereocenters. The smallest absolute Gasteiger partial charge is 0.445 e. The lowest BCUT2D eigenvalue weighted by molar-refractivity contribution is -0.138. The first-order valence-corrected chi connectivity index (χ1v) is 11.0. The second-order valence-corrected chi connectivity index (χ2v) is 7.79. The van der Waals surface area contributed by atoms with Crippen LogP contribution in [-0.2, 0) is 11.0 Å². The van der Waals surface area contributed by atoms with Crippen LogP contribution in [0.5, 0.6) is 23.0 Å². The van der Waals surface area contributed by atoms with Crippen molar-refractivity contribution in [3.63, 3.8) is 0 Å². The zero-order chi connectivity index (χ0) is 26.1. The molecule has 0 bridgehead atoms. The Morgan fingerprint density at radius 3 is 2.33 bits per heavy atom. The number of halogens is 3. The number of nitriles is 1. The minimum absolute atomic E-state index is 0.152. The van der Waals surface area contributed by atoms with E-state index in [1.165, 1.54) is 19.3 Å². The van der Waals surface area contributed by atoms with Crippen LogP contribution in [0.1, 0.15) is 10.6 Å². The molecule has 3 aromatic rings. The number of rotatable bonds is 10. The van der Waals surface area contributed by atoms with Crippen molar-refractivity contribution in [2.45, 2.75) is 6.18 Å². The van der Waals surface area contributed by atoms with E-state index < -0.39 is 17.1 Å². The number of nitrogens with zero attached hydrogens (tertiary/aromatic N) is 3. The molecule has 0 aliphatic carbocycles. The lowest BCUT2D eigenvalue weighted by Gasteiger charge is -2.12. The van der Waals surface area contributed by atoms with E-state index in [1.807, 2.05) is 0 Å². The van der Waals surface area contributed by atoms with Crippen molar-refractivity contribution in [2.24, 2.45) is 0 Å². The van der Waals surface area contributed by atoms with Crippen molar-refractivity contribution in [3.8, 4) is 29.1 Å². The molecule has 9 nitrogen and oxygen atoms in total. The van der Waals surface area contributed by atoms with E-state index in [2.05, 4.69) is 15.5 Å². The summed E-state index contributed by atoms with van der Waals surface area (Å²) in [6, 6.07) is 13.5. The summed E-state index contributed by atoms with van der Waals surface area (Å²) in [6.07, 6.45) is -3.43. The predicted molar refractivity (Wildman–Crippen MR) is 124 cm³/mol. The first-order chi connectivity index (χ1) is 17.2. The Morgan fingerprint density at radius 2 is 1.72 bits per heavy atom. The van der Waals surface area contributed by atoms with Gasteiger partial charge in [0.2, 0.25) is 10.1 Å². The van der Waals surface area contributed by atoms with Gasteiger partial charge in [0.15, 0.2) is 11.5 Å². The first-order valence-electron chi connectivity index (χ1n) is 10.1. The summed E-state index contributed by atoms with van der Waals surface area (Å²) < 4.78 is 59.7. The summed E-state index contributed by atoms with van der Waals surface area (Å²) in [5.74, 6) is 1.18. The van der Waals surface area contributed by atoms with Crippen LogP contribution in [0.4, 0.5) is 18.3 Å². The van der Waals surface area contributed by atoms with Crippen LogP contribution in [-0.4, -0.2) is 43.5 Å². The van der Waals surface area contributed by atoms with Gasteiger partial charge in [-0.25, -0.2) is 0 Å². The molecule has 1 amide bonds. The van der Waals surface area contributed by atoms with Crippen molar-refractivity contribution in [2.75, 3.05) is 32.8 Å². The average molecular weight is 520 g/mol. The molecule has 36 heavy (non-hydrogen) atoms. The molecule has 2 aromatic carbocycles. The van der Waals surface area contributed by atoms with Gasteiger partial charge in [0, 0.05) is 0 Å². The highest BCUT2D eigenvalue weighted by Gasteiger charge is 2.35. The topological polar surface area (TPSA) is 116 Å². The number of ether oxygens (including phenoxy) is 4. The molecule has 3 rings (SSSR count). The van der Waals surface area contributed by atoms with E-state index in [1.54, 1.807) is 49.6 Å². The van der Waals surface area contributed by atoms with Crippen LogP contribution in [0.15, 0.2) is 48.0 Å². The van der Waals surface area contributed by atoms with E-state index in [9.17, 15) is 23.2 Å². The van der Waals surface area contributed by atoms with Crippen molar-refractivity contribution < 1.29 is 36.9 Å². The molecule has 1 heterocycles. The van der Waals surface area contributed by atoms with E-state index >= 15 is 0 Å². The molecular weight excluding hydrogens is 501 g/mol. The standard InChI is InChI=1S/C23H19F3N4O5S/c1-32-16-4-6-17(7-5-16)34-9-10-35-18-8-3-14(12-19(18)33-2)11-15(13-27)20(31)28-22-30-29-21(36-22)23(24,25)26/h3-8,11-12H,9-10H2,1-2H3,(H,28,30,31)/b15-11-. The normalized spacial score (nSPS) is 11.4. The third kappa shape index (κ3) is 7.09. The van der Waals surface area contributed by atoms with Crippen LogP contribution in [0.3, 0.4) is 0 Å². The molecule has 1 N–H and O–H groups in total. The number of amides is 1. The minimum atomic E-state index is -4.68. The maximum absolute atomic E-state index is 12.7. The third-order valence-electron chi connectivity index (χ3n) is 4.42. The van der Waals surface area contributed by atoms with Gasteiger partial charge in [-0.3, -0.25) is 10.1 Å². The molecule has 0 saturated heterocycles. The lowest BCUT2D eigenvalue weighted by Crippen LogP contribution is -2.13. The second-order valence-electron chi connectivity index (χ2n) is 6.82. The third-order valence-corrected chi connectivity index (χ3v) is 5.30. The highest BCUT2D eigenvalue weighted by molar-refractivity contribution is 7.15. The molecule has 0 aliphatic rings. The first kappa shape index (κ1) is 26.3. The van der Waals surface area contributed by atoms with Gasteiger partial charge in [0.25, 0.3) is 5.91 Å². The molecular formula is C23H19F3N4O5S. The summed E-state index contributed by atoms with van der Waals surface area (Å²) in [7, 11) is 3.00. The number of carbonyl (C=O) groups excluding carboxylic acids is 1. The summed E-state index contributed by atoms with van der Waals surface area (Å²) >= 11 is 0.152. The number of nitrogens with one attached hydrogen (secondary N) is 1. The molecule has 13 heteroatoms. The van der Waals surface area contributed by atoms with Gasteiger partial charge in [-0.15, -0.1) is 10.2 Å². The summed E-state index contributed by atoms with van der Waals surface area (Å²) in [6.45, 7) is 0.475. The van der Waals surface area contributed by atoms with E-state index in [0.717, 1.165) is 0 Å². The Morgan fingerprint density at radius 1 is 1.03 bits per heavy atom. The van der Waals surface area contributed by atoms with Gasteiger partial charge in [-0.1, -0.05) is 17.4 Å². The average Bonchev–Trinajstić information content (AvgIpc) is 3.35. The zero-order valence-corrected chi connectivity index (χ0v) is 19.8.